The van der Waals surface area contributed by atoms with Crippen LogP contribution in [0.5, 0.6) is 5.75 Å². The number of aromatic nitrogens is 4. The van der Waals surface area contributed by atoms with Gasteiger partial charge < -0.3 is 19.6 Å². The molecule has 0 radical (unpaired) electrons. The number of rotatable bonds is 24. The summed E-state index contributed by atoms with van der Waals surface area (Å²) in [5, 5.41) is 5.72. The van der Waals surface area contributed by atoms with Crippen LogP contribution in [0.4, 0.5) is 0 Å². The van der Waals surface area contributed by atoms with Crippen LogP contribution in [0.2, 0.25) is 0 Å². The highest BCUT2D eigenvalue weighted by molar-refractivity contribution is 7.52. The fraction of sp³-hybridized carbons (Fsp3) is 0.400. The molecule has 13 heteroatoms. The van der Waals surface area contributed by atoms with E-state index in [9.17, 15) is 14.2 Å². The summed E-state index contributed by atoms with van der Waals surface area (Å²) < 4.78 is 33.2. The number of para-hydroxylation sites is 1. The van der Waals surface area contributed by atoms with E-state index in [1.807, 2.05) is 12.1 Å². The van der Waals surface area contributed by atoms with E-state index in [2.05, 4.69) is 99.1 Å². The predicted octanol–water partition coefficient (Wildman–Crippen LogP) is 8.18. The molecule has 1 aliphatic heterocycles. The van der Waals surface area contributed by atoms with E-state index < -0.39 is 14.0 Å². The van der Waals surface area contributed by atoms with E-state index in [1.165, 1.54) is 12.7 Å². The van der Waals surface area contributed by atoms with Crippen LogP contribution in [0.25, 0.3) is 11.2 Å². The van der Waals surface area contributed by atoms with Gasteiger partial charge in [-0.3, -0.25) is 18.7 Å². The van der Waals surface area contributed by atoms with Crippen molar-refractivity contribution >= 4 is 24.8 Å². The van der Waals surface area contributed by atoms with Crippen LogP contribution < -0.4 is 20.5 Å². The second kappa shape index (κ2) is 23.9. The van der Waals surface area contributed by atoms with Gasteiger partial charge in [-0.25, -0.2) is 19.6 Å². The number of benzene rings is 1. The Bertz CT molecular complexity index is 1810. The monoisotopic (exact) mass is 744 g/mol. The number of nitrogens with one attached hydrogen (secondary N) is 3. The van der Waals surface area contributed by atoms with Crippen molar-refractivity contribution in [2.45, 2.75) is 83.5 Å². The molecular weight excluding hydrogens is 691 g/mol. The number of aromatic amines is 1. The summed E-state index contributed by atoms with van der Waals surface area (Å²) in [4.78, 5) is 35.3. The van der Waals surface area contributed by atoms with Crippen molar-refractivity contribution in [2.24, 2.45) is 0 Å². The average molecular weight is 745 g/mol. The van der Waals surface area contributed by atoms with Gasteiger partial charge in [-0.05, 0) is 69.9 Å². The minimum absolute atomic E-state index is 0.00652. The molecule has 2 unspecified atom stereocenters. The van der Waals surface area contributed by atoms with E-state index >= 15 is 0 Å². The third kappa shape index (κ3) is 15.5. The lowest BCUT2D eigenvalue weighted by molar-refractivity contribution is -0.120. The third-order valence-electron chi connectivity index (χ3n) is 8.05. The molecule has 12 nitrogen and oxygen atoms in total. The molecule has 284 valence electrons. The minimum atomic E-state index is -3.82. The molecule has 3 heterocycles. The number of carbonyl (C=O) groups excluding carboxylic acids is 1. The van der Waals surface area contributed by atoms with E-state index in [1.54, 1.807) is 28.8 Å². The largest absolute Gasteiger partial charge is 0.458 e. The Morgan fingerprint density at radius 2 is 1.55 bits per heavy atom. The van der Waals surface area contributed by atoms with Crippen molar-refractivity contribution in [3.63, 3.8) is 0 Å². The van der Waals surface area contributed by atoms with E-state index in [0.29, 0.717) is 37.1 Å². The molecule has 2 aromatic heterocycles. The topological polar surface area (TPSA) is 149 Å². The molecule has 0 saturated carbocycles. The Hall–Kier alpha value is -4.61. The second-order valence-electron chi connectivity index (χ2n) is 12.3. The molecule has 0 bridgehead atoms. The van der Waals surface area contributed by atoms with Crippen molar-refractivity contribution in [2.75, 3.05) is 19.7 Å². The van der Waals surface area contributed by atoms with Crippen LogP contribution in [0.3, 0.4) is 0 Å². The molecule has 1 fully saturated rings. The van der Waals surface area contributed by atoms with Crippen LogP contribution in [0, 0.1) is 0 Å². The van der Waals surface area contributed by atoms with Crippen molar-refractivity contribution < 1.29 is 23.1 Å². The van der Waals surface area contributed by atoms with Gasteiger partial charge in [0.1, 0.15) is 12.0 Å². The first-order chi connectivity index (χ1) is 26.0. The number of ether oxygens (including phenoxy) is 1. The maximum absolute atomic E-state index is 13.8. The average Bonchev–Trinajstić information content (AvgIpc) is 3.82. The molecule has 1 aromatic carbocycles. The zero-order valence-electron chi connectivity index (χ0n) is 30.6. The number of hydrogen-bond donors (Lipinski definition) is 3. The molecule has 0 spiro atoms. The number of allylic oxidation sites excluding steroid dienone is 12. The lowest BCUT2D eigenvalue weighted by Gasteiger charge is -2.22. The molecule has 1 aliphatic rings. The lowest BCUT2D eigenvalue weighted by atomic mass is 10.2. The van der Waals surface area contributed by atoms with Crippen LogP contribution in [0.15, 0.2) is 121 Å². The van der Waals surface area contributed by atoms with Crippen LogP contribution in [0.1, 0.15) is 77.4 Å². The van der Waals surface area contributed by atoms with E-state index in [0.717, 1.165) is 38.5 Å². The Kier molecular flexibility index (Phi) is 18.5. The van der Waals surface area contributed by atoms with Gasteiger partial charge in [0.2, 0.25) is 5.91 Å². The minimum Gasteiger partial charge on any atom is -0.413 e. The van der Waals surface area contributed by atoms with Gasteiger partial charge in [0.25, 0.3) is 5.56 Å². The molecule has 3 aromatic rings. The fourth-order valence-electron chi connectivity index (χ4n) is 5.33. The normalized spacial score (nSPS) is 17.8. The number of imidazole rings is 1. The molecule has 1 amide bonds. The summed E-state index contributed by atoms with van der Waals surface area (Å²) in [6, 6.07) is 8.76. The molecule has 3 N–H and O–H groups in total. The summed E-state index contributed by atoms with van der Waals surface area (Å²) in [6.07, 6.45) is 35.9. The molecule has 53 heavy (non-hydrogen) atoms. The van der Waals surface area contributed by atoms with E-state index in [-0.39, 0.29) is 42.8 Å². The summed E-state index contributed by atoms with van der Waals surface area (Å²) in [5.74, 6) is 0.287. The Morgan fingerprint density at radius 3 is 2.21 bits per heavy atom. The third-order valence-corrected chi connectivity index (χ3v) is 9.60. The molecule has 4 rings (SSSR count). The maximum atomic E-state index is 13.8. The summed E-state index contributed by atoms with van der Waals surface area (Å²) in [6.45, 7) is 2.57. The first-order valence-corrected chi connectivity index (χ1v) is 20.0. The first kappa shape index (κ1) is 41.2. The smallest absolute Gasteiger partial charge is 0.413 e. The number of amides is 1. The van der Waals surface area contributed by atoms with Crippen molar-refractivity contribution in [1.29, 1.82) is 0 Å². The van der Waals surface area contributed by atoms with Gasteiger partial charge >= 0.3 is 7.75 Å². The maximum Gasteiger partial charge on any atom is 0.458 e. The van der Waals surface area contributed by atoms with Gasteiger partial charge in [-0.15, -0.1) is 0 Å². The lowest BCUT2D eigenvalue weighted by Crippen LogP contribution is -2.32. The number of nitrogens with zero attached hydrogens (tertiary/aromatic N) is 3. The molecular formula is C40H53N6O6P. The zero-order chi connectivity index (χ0) is 37.4. The summed E-state index contributed by atoms with van der Waals surface area (Å²) in [7, 11) is -3.82. The Balaban J connectivity index is 1.09. The second-order valence-corrected chi connectivity index (χ2v) is 14.0. The quantitative estimate of drug-likeness (QED) is 0.0469. The van der Waals surface area contributed by atoms with Crippen molar-refractivity contribution in [1.82, 2.24) is 29.9 Å². The zero-order valence-corrected chi connectivity index (χ0v) is 31.4. The van der Waals surface area contributed by atoms with Gasteiger partial charge in [-0.1, -0.05) is 98.0 Å². The van der Waals surface area contributed by atoms with E-state index in [4.69, 9.17) is 13.8 Å². The van der Waals surface area contributed by atoms with Crippen LogP contribution >= 0.6 is 7.75 Å². The SMILES string of the molecule is CCC=CCC=CCC=CCC=CCC=CCC=CCCC(=O)NCCNP(=O)(OC[C@@H]1CCC(n2cnc3c(=O)[nH]cnc32)O1)Oc1ccccc1. The summed E-state index contributed by atoms with van der Waals surface area (Å²) >= 11 is 0. The van der Waals surface area contributed by atoms with Crippen molar-refractivity contribution in [3.8, 4) is 5.75 Å². The van der Waals surface area contributed by atoms with Crippen LogP contribution in [-0.2, 0) is 18.6 Å². The number of carbonyl (C=O) groups is 1. The van der Waals surface area contributed by atoms with Crippen LogP contribution in [-0.4, -0.2) is 51.2 Å². The molecule has 3 atom stereocenters. The Labute approximate surface area is 312 Å². The van der Waals surface area contributed by atoms with Crippen molar-refractivity contribution in [3.05, 3.63) is 126 Å². The predicted molar refractivity (Wildman–Crippen MR) is 210 cm³/mol. The number of fused-ring (bicyclic) bond motifs is 1. The summed E-state index contributed by atoms with van der Waals surface area (Å²) in [5.41, 5.74) is 0.346. The standard InChI is InChI=1S/C40H53N6O6P/c1-2-3-4-5-6-7-8-9-10-11-12-13-14-15-16-17-18-19-23-26-36(47)41-29-30-45-53(49,52-34-24-21-20-22-25-34)50-31-35-27-28-37(51-35)46-33-44-38-39(46)42-32-43-40(38)48/h3-4,6-7,9-10,12-13,15-16,18-22,24-25,32-33,35,37H,2,5,8,11,14,17,23,26-31H2,1H3,(H,41,47)(H,45,49)(H,42,43,48)/t35-,37?,53?/m0/s1. The Morgan fingerprint density at radius 1 is 0.906 bits per heavy atom. The molecule has 1 saturated heterocycles. The molecule has 0 aliphatic carbocycles. The number of H-pyrrole nitrogens is 1. The van der Waals surface area contributed by atoms with Gasteiger partial charge in [0.15, 0.2) is 11.2 Å². The highest BCUT2D eigenvalue weighted by atomic mass is 31.2. The van der Waals surface area contributed by atoms with Gasteiger partial charge in [-0.2, -0.15) is 0 Å². The van der Waals surface area contributed by atoms with Gasteiger partial charge in [0.05, 0.1) is 25.4 Å². The first-order valence-electron chi connectivity index (χ1n) is 18.4. The van der Waals surface area contributed by atoms with Gasteiger partial charge in [0, 0.05) is 19.5 Å². The number of hydrogen-bond acceptors (Lipinski definition) is 8. The fourth-order valence-corrected chi connectivity index (χ4v) is 6.69. The highest BCUT2D eigenvalue weighted by Crippen LogP contribution is 2.45. The highest BCUT2D eigenvalue weighted by Gasteiger charge is 2.33.